The molecule has 6 heteroatoms. The van der Waals surface area contributed by atoms with Crippen LogP contribution in [-0.2, 0) is 0 Å². The molecule has 6 rings (SSSR count). The molecule has 0 fully saturated rings. The second kappa shape index (κ2) is 13.1. The van der Waals surface area contributed by atoms with Gasteiger partial charge in [0.15, 0.2) is 10.4 Å². The second-order valence-corrected chi connectivity index (χ2v) is 16.3. The monoisotopic (exact) mass is 670 g/mol. The minimum absolute atomic E-state index is 1.17. The third-order valence-electron chi connectivity index (χ3n) is 9.33. The molecule has 0 saturated carbocycles. The van der Waals surface area contributed by atoms with E-state index in [2.05, 4.69) is 175 Å². The maximum atomic E-state index is 2.43. The lowest BCUT2D eigenvalue weighted by Gasteiger charge is -2.16. The van der Waals surface area contributed by atoms with Gasteiger partial charge < -0.3 is 0 Å². The van der Waals surface area contributed by atoms with Crippen LogP contribution in [0.4, 0.5) is 0 Å². The third-order valence-corrected chi connectivity index (χ3v) is 12.0. The molecule has 4 aromatic carbocycles. The van der Waals surface area contributed by atoms with Gasteiger partial charge in [0.05, 0.1) is 22.7 Å². The average molecular weight is 671 g/mol. The van der Waals surface area contributed by atoms with E-state index in [1.54, 1.807) is 0 Å². The highest BCUT2D eigenvalue weighted by molar-refractivity contribution is 8.03. The van der Waals surface area contributed by atoms with Gasteiger partial charge in [-0.25, -0.2) is 0 Å². The van der Waals surface area contributed by atoms with Crippen LogP contribution in [0.5, 0.6) is 0 Å². The number of aryl methyl sites for hydroxylation is 12. The van der Waals surface area contributed by atoms with Gasteiger partial charge in [0, 0.05) is 40.6 Å². The molecule has 0 radical (unpaired) electrons. The predicted octanol–water partition coefficient (Wildman–Crippen LogP) is 12.1. The SMILES string of the molecule is Cc1cc(C)c(-n2ccn(-c3c(C)cc(C)cc3C)c2=PP=c2n(-c3c(C)cc(C)cc3C)ccn2-c2c(C)cc(C)cc2C)c(C)c1. The molecule has 0 spiro atoms. The van der Waals surface area contributed by atoms with Gasteiger partial charge in [-0.3, -0.25) is 18.3 Å². The van der Waals surface area contributed by atoms with Crippen LogP contribution >= 0.6 is 15.8 Å². The van der Waals surface area contributed by atoms with Crippen LogP contribution in [0.1, 0.15) is 66.8 Å². The smallest absolute Gasteiger partial charge is 0.154 e. The normalized spacial score (nSPS) is 11.7. The van der Waals surface area contributed by atoms with E-state index in [9.17, 15) is 0 Å². The predicted molar refractivity (Wildman–Crippen MR) is 207 cm³/mol. The molecule has 0 bridgehead atoms. The van der Waals surface area contributed by atoms with Crippen molar-refractivity contribution in [3.05, 3.63) is 150 Å². The molecule has 2 aromatic heterocycles. The minimum atomic E-state index is 1.17. The molecule has 4 nitrogen and oxygen atoms in total. The van der Waals surface area contributed by atoms with Crippen LogP contribution in [-0.4, -0.2) is 18.3 Å². The standard InChI is InChI=1S/C42H48N4P2/c1-25-17-29(5)37(30(6)18-25)43-13-14-44(38-31(7)19-26(2)20-32(38)8)41(43)47-48-42-45(39-33(9)21-27(3)22-34(39)10)15-16-46(42)40-35(11)23-28(4)24-36(40)12/h13-24H,1-12H3. The Labute approximate surface area is 289 Å². The van der Waals surface area contributed by atoms with E-state index in [-0.39, 0.29) is 0 Å². The van der Waals surface area contributed by atoms with E-state index in [0.717, 1.165) is 0 Å². The van der Waals surface area contributed by atoms with E-state index >= 15 is 0 Å². The Morgan fingerprint density at radius 1 is 0.292 bits per heavy atom. The maximum absolute atomic E-state index is 2.43. The van der Waals surface area contributed by atoms with Gasteiger partial charge in [-0.15, -0.1) is 0 Å². The summed E-state index contributed by atoms with van der Waals surface area (Å²) in [6.45, 7) is 26.7. The summed E-state index contributed by atoms with van der Waals surface area (Å²) in [5.74, 6) is 0. The molecule has 6 aromatic rings. The van der Waals surface area contributed by atoms with Crippen molar-refractivity contribution in [2.45, 2.75) is 83.1 Å². The van der Waals surface area contributed by atoms with Crippen molar-refractivity contribution in [2.24, 2.45) is 0 Å². The topological polar surface area (TPSA) is 19.7 Å². The van der Waals surface area contributed by atoms with Gasteiger partial charge in [-0.05, 0) is 128 Å². The van der Waals surface area contributed by atoms with E-state index in [1.165, 1.54) is 116 Å². The molecule has 0 atom stereocenters. The lowest BCUT2D eigenvalue weighted by molar-refractivity contribution is 0.925. The molecular formula is C42H48N4P2. The molecule has 0 aliphatic carbocycles. The number of benzene rings is 4. The van der Waals surface area contributed by atoms with E-state index in [1.807, 2.05) is 0 Å². The van der Waals surface area contributed by atoms with Gasteiger partial charge >= 0.3 is 0 Å². The summed E-state index contributed by atoms with van der Waals surface area (Å²) in [4.78, 5) is 0. The Morgan fingerprint density at radius 3 is 0.625 bits per heavy atom. The van der Waals surface area contributed by atoms with Gasteiger partial charge in [0.25, 0.3) is 0 Å². The Balaban J connectivity index is 1.76. The highest BCUT2D eigenvalue weighted by Crippen LogP contribution is 2.35. The van der Waals surface area contributed by atoms with Crippen molar-refractivity contribution >= 4 is 15.8 Å². The van der Waals surface area contributed by atoms with Crippen LogP contribution in [0.25, 0.3) is 22.7 Å². The summed E-state index contributed by atoms with van der Waals surface area (Å²) in [5.41, 5.74) is 20.5. The molecule has 0 amide bonds. The Bertz CT molecular complexity index is 1960. The highest BCUT2D eigenvalue weighted by atomic mass is 32.0. The first-order valence-electron chi connectivity index (χ1n) is 16.8. The summed E-state index contributed by atoms with van der Waals surface area (Å²) < 4.78 is 9.72. The molecule has 0 aliphatic heterocycles. The number of rotatable bonds is 5. The van der Waals surface area contributed by atoms with Crippen LogP contribution in [0, 0.1) is 93.5 Å². The summed E-state index contributed by atoms with van der Waals surface area (Å²) in [6, 6.07) is 18.4. The summed E-state index contributed by atoms with van der Waals surface area (Å²) in [5, 5.41) is 2.46. The van der Waals surface area contributed by atoms with E-state index < -0.39 is 0 Å². The van der Waals surface area contributed by atoms with Gasteiger partial charge in [-0.2, -0.15) is 0 Å². The Morgan fingerprint density at radius 2 is 0.458 bits per heavy atom. The first kappa shape index (κ1) is 33.8. The van der Waals surface area contributed by atoms with Crippen molar-refractivity contribution in [1.29, 1.82) is 0 Å². The lowest BCUT2D eigenvalue weighted by atomic mass is 10.0. The fourth-order valence-corrected chi connectivity index (χ4v) is 10.9. The van der Waals surface area contributed by atoms with Gasteiger partial charge in [-0.1, -0.05) is 70.8 Å². The number of nitrogens with zero attached hydrogens (tertiary/aromatic N) is 4. The largest absolute Gasteiger partial charge is 0.297 e. The summed E-state index contributed by atoms with van der Waals surface area (Å²) in [6.07, 6.45) is 9.04. The zero-order chi connectivity index (χ0) is 34.6. The third kappa shape index (κ3) is 6.13. The fraction of sp³-hybridized carbons (Fsp3) is 0.286. The van der Waals surface area contributed by atoms with Crippen molar-refractivity contribution in [3.63, 3.8) is 0 Å². The summed E-state index contributed by atoms with van der Waals surface area (Å²) >= 11 is 0. The average Bonchev–Trinajstić information content (AvgIpc) is 3.54. The van der Waals surface area contributed by atoms with Crippen LogP contribution in [0.3, 0.4) is 0 Å². The van der Waals surface area contributed by atoms with Crippen LogP contribution in [0.2, 0.25) is 0 Å². The van der Waals surface area contributed by atoms with Crippen molar-refractivity contribution in [2.75, 3.05) is 0 Å². The lowest BCUT2D eigenvalue weighted by Crippen LogP contribution is -2.05. The maximum Gasteiger partial charge on any atom is 0.154 e. The fourth-order valence-electron chi connectivity index (χ4n) is 7.96. The molecular weight excluding hydrogens is 622 g/mol. The zero-order valence-corrected chi connectivity index (χ0v) is 32.4. The van der Waals surface area contributed by atoms with Crippen molar-refractivity contribution in [1.82, 2.24) is 18.3 Å². The first-order valence-corrected chi connectivity index (χ1v) is 19.2. The van der Waals surface area contributed by atoms with E-state index in [0.29, 0.717) is 0 Å². The number of aromatic nitrogens is 4. The molecule has 48 heavy (non-hydrogen) atoms. The van der Waals surface area contributed by atoms with E-state index in [4.69, 9.17) is 0 Å². The quantitative estimate of drug-likeness (QED) is 0.163. The Kier molecular flexibility index (Phi) is 9.20. The van der Waals surface area contributed by atoms with Crippen LogP contribution < -0.4 is 0 Å². The van der Waals surface area contributed by atoms with Crippen LogP contribution in [0.15, 0.2) is 73.3 Å². The minimum Gasteiger partial charge on any atom is -0.297 e. The number of hydrogen-bond acceptors (Lipinski definition) is 0. The van der Waals surface area contributed by atoms with Gasteiger partial charge in [0.2, 0.25) is 0 Å². The highest BCUT2D eigenvalue weighted by Gasteiger charge is 2.16. The summed E-state index contributed by atoms with van der Waals surface area (Å²) in [7, 11) is 2.35. The first-order chi connectivity index (χ1) is 22.7. The molecule has 0 aliphatic rings. The molecule has 0 N–H and O–H groups in total. The zero-order valence-electron chi connectivity index (χ0n) is 30.6. The van der Waals surface area contributed by atoms with Crippen molar-refractivity contribution in [3.8, 4) is 22.7 Å². The molecule has 2 heterocycles. The van der Waals surface area contributed by atoms with Crippen molar-refractivity contribution < 1.29 is 0 Å². The molecule has 0 unspecified atom stereocenters. The molecule has 0 saturated heterocycles. The number of hydrogen-bond donors (Lipinski definition) is 0. The number of imidazole rings is 2. The van der Waals surface area contributed by atoms with Gasteiger partial charge in [0.1, 0.15) is 0 Å². The Hall–Kier alpha value is -4.10. The second-order valence-electron chi connectivity index (χ2n) is 13.9. The molecule has 246 valence electrons.